The Kier molecular flexibility index (Phi) is 9.63. The van der Waals surface area contributed by atoms with Crippen LogP contribution in [0.1, 0.15) is 18.1 Å². The van der Waals surface area contributed by atoms with Crippen LogP contribution in [0.15, 0.2) is 83.8 Å². The second kappa shape index (κ2) is 12.5. The van der Waals surface area contributed by atoms with E-state index in [1.807, 2.05) is 30.3 Å². The van der Waals surface area contributed by atoms with Gasteiger partial charge in [-0.05, 0) is 49.2 Å². The zero-order valence-corrected chi connectivity index (χ0v) is 22.7. The fourth-order valence-corrected chi connectivity index (χ4v) is 5.61. The molecule has 0 unspecified atom stereocenters. The van der Waals surface area contributed by atoms with Gasteiger partial charge in [-0.3, -0.25) is 13.9 Å². The number of carbonyl (C=O) groups excluding carboxylic acids is 2. The number of hydrogen-bond donors (Lipinski definition) is 1. The van der Waals surface area contributed by atoms with Crippen LogP contribution in [0.25, 0.3) is 0 Å². The molecule has 2 amide bonds. The number of carbonyl (C=O) groups is 2. The molecule has 0 fully saturated rings. The number of sulfonamides is 1. The van der Waals surface area contributed by atoms with E-state index in [0.29, 0.717) is 16.8 Å². The number of alkyl halides is 3. The highest BCUT2D eigenvalue weighted by Gasteiger charge is 2.36. The molecule has 208 valence electrons. The smallest absolute Gasteiger partial charge is 0.357 e. The Hall–Kier alpha value is -3.57. The van der Waals surface area contributed by atoms with Crippen molar-refractivity contribution in [3.63, 3.8) is 0 Å². The fraction of sp³-hybridized carbons (Fsp3) is 0.259. The van der Waals surface area contributed by atoms with Crippen molar-refractivity contribution in [3.05, 3.63) is 95.0 Å². The van der Waals surface area contributed by atoms with E-state index in [2.05, 4.69) is 5.32 Å². The summed E-state index contributed by atoms with van der Waals surface area (Å²) in [6.07, 6.45) is -4.44. The summed E-state index contributed by atoms with van der Waals surface area (Å²) in [5, 5.41) is 2.16. The molecule has 3 aromatic rings. The number of likely N-dealkylation sites (N-methyl/N-ethyl adjacent to an activating group) is 1. The van der Waals surface area contributed by atoms with E-state index in [1.165, 1.54) is 43.1 Å². The van der Waals surface area contributed by atoms with Crippen LogP contribution in [0.4, 0.5) is 18.9 Å². The third kappa shape index (κ3) is 7.30. The Morgan fingerprint density at radius 2 is 1.56 bits per heavy atom. The molecule has 1 atom stereocenters. The maximum Gasteiger partial charge on any atom is 0.416 e. The Bertz CT molecular complexity index is 1400. The lowest BCUT2D eigenvalue weighted by molar-refractivity contribution is -0.138. The molecule has 0 aliphatic heterocycles. The number of amides is 2. The summed E-state index contributed by atoms with van der Waals surface area (Å²) in [4.78, 5) is 27.1. The van der Waals surface area contributed by atoms with Gasteiger partial charge >= 0.3 is 6.18 Å². The van der Waals surface area contributed by atoms with E-state index in [1.54, 1.807) is 6.07 Å². The predicted molar refractivity (Wildman–Crippen MR) is 143 cm³/mol. The van der Waals surface area contributed by atoms with E-state index < -0.39 is 51.9 Å². The summed E-state index contributed by atoms with van der Waals surface area (Å²) < 4.78 is 68.5. The summed E-state index contributed by atoms with van der Waals surface area (Å²) in [6, 6.07) is 17.3. The third-order valence-corrected chi connectivity index (χ3v) is 8.14. The topological polar surface area (TPSA) is 86.8 Å². The minimum atomic E-state index is -4.79. The molecule has 12 heteroatoms. The molecule has 39 heavy (non-hydrogen) atoms. The zero-order valence-electron chi connectivity index (χ0n) is 21.2. The van der Waals surface area contributed by atoms with E-state index in [4.69, 9.17) is 11.6 Å². The summed E-state index contributed by atoms with van der Waals surface area (Å²) in [6.45, 7) is 0.635. The average Bonchev–Trinajstić information content (AvgIpc) is 2.92. The molecule has 0 aromatic heterocycles. The van der Waals surface area contributed by atoms with Gasteiger partial charge in [-0.15, -0.1) is 0 Å². The second-order valence-electron chi connectivity index (χ2n) is 8.60. The molecule has 0 aliphatic rings. The summed E-state index contributed by atoms with van der Waals surface area (Å²) in [5.41, 5.74) is -0.782. The monoisotopic (exact) mass is 581 g/mol. The SMILES string of the molecule is CNC(=O)[C@H](C)N(CCc1ccccc1)C(=O)CN(c1cc(C(F)(F)F)ccc1Cl)S(=O)(=O)c1ccccc1. The van der Waals surface area contributed by atoms with Crippen LogP contribution in [-0.2, 0) is 32.2 Å². The van der Waals surface area contributed by atoms with Gasteiger partial charge in [-0.25, -0.2) is 8.42 Å². The molecule has 3 aromatic carbocycles. The molecule has 0 radical (unpaired) electrons. The van der Waals surface area contributed by atoms with Crippen LogP contribution in [0.2, 0.25) is 5.02 Å². The van der Waals surface area contributed by atoms with Crippen LogP contribution < -0.4 is 9.62 Å². The van der Waals surface area contributed by atoms with E-state index in [9.17, 15) is 31.2 Å². The third-order valence-electron chi connectivity index (χ3n) is 6.05. The Balaban J connectivity index is 2.07. The molecule has 0 aliphatic carbocycles. The number of hydrogen-bond acceptors (Lipinski definition) is 4. The Labute approximate surface area is 230 Å². The molecule has 0 saturated carbocycles. The van der Waals surface area contributed by atoms with Crippen LogP contribution in [0.3, 0.4) is 0 Å². The van der Waals surface area contributed by atoms with Crippen molar-refractivity contribution in [2.45, 2.75) is 30.5 Å². The lowest BCUT2D eigenvalue weighted by Crippen LogP contribution is -2.51. The van der Waals surface area contributed by atoms with Gasteiger partial charge < -0.3 is 10.2 Å². The van der Waals surface area contributed by atoms with Crippen LogP contribution in [0.5, 0.6) is 0 Å². The molecule has 3 rings (SSSR count). The van der Waals surface area contributed by atoms with Gasteiger partial charge in [0.1, 0.15) is 12.6 Å². The van der Waals surface area contributed by atoms with Gasteiger partial charge in [0.15, 0.2) is 0 Å². The minimum Gasteiger partial charge on any atom is -0.357 e. The highest BCUT2D eigenvalue weighted by atomic mass is 35.5. The largest absolute Gasteiger partial charge is 0.416 e. The van der Waals surface area contributed by atoms with Gasteiger partial charge in [0.25, 0.3) is 10.0 Å². The Morgan fingerprint density at radius 3 is 2.13 bits per heavy atom. The normalized spacial score (nSPS) is 12.5. The Morgan fingerprint density at radius 1 is 0.974 bits per heavy atom. The maximum absolute atomic E-state index is 13.7. The molecule has 1 N–H and O–H groups in total. The van der Waals surface area contributed by atoms with E-state index in [0.717, 1.165) is 17.7 Å². The minimum absolute atomic E-state index is 0.0486. The van der Waals surface area contributed by atoms with E-state index >= 15 is 0 Å². The number of halogens is 4. The van der Waals surface area contributed by atoms with Gasteiger partial charge in [-0.2, -0.15) is 13.2 Å². The van der Waals surface area contributed by atoms with Crippen LogP contribution >= 0.6 is 11.6 Å². The number of anilines is 1. The number of nitrogens with zero attached hydrogens (tertiary/aromatic N) is 2. The quantitative estimate of drug-likeness (QED) is 0.374. The van der Waals surface area contributed by atoms with Gasteiger partial charge in [0.05, 0.1) is 21.2 Å². The summed E-state index contributed by atoms with van der Waals surface area (Å²) >= 11 is 6.21. The van der Waals surface area contributed by atoms with Gasteiger partial charge in [0, 0.05) is 13.6 Å². The number of benzene rings is 3. The van der Waals surface area contributed by atoms with Crippen LogP contribution in [-0.4, -0.2) is 51.3 Å². The first-order valence-corrected chi connectivity index (χ1v) is 13.7. The number of nitrogens with one attached hydrogen (secondary N) is 1. The standard InChI is InChI=1S/C27H27ClF3N3O4S/c1-19(26(36)32-2)33(16-15-20-9-5-3-6-10-20)25(35)18-34(39(37,38)22-11-7-4-8-12-22)24-17-21(27(29,30)31)13-14-23(24)28/h3-14,17,19H,15-16,18H2,1-2H3,(H,32,36)/t19-/m0/s1. The lowest BCUT2D eigenvalue weighted by Gasteiger charge is -2.32. The molecule has 7 nitrogen and oxygen atoms in total. The average molecular weight is 582 g/mol. The zero-order chi connectivity index (χ0) is 28.8. The summed E-state index contributed by atoms with van der Waals surface area (Å²) in [7, 11) is -3.16. The number of rotatable bonds is 10. The highest BCUT2D eigenvalue weighted by Crippen LogP contribution is 2.37. The second-order valence-corrected chi connectivity index (χ2v) is 10.9. The first-order chi connectivity index (χ1) is 18.4. The van der Waals surface area contributed by atoms with Crippen molar-refractivity contribution in [1.29, 1.82) is 0 Å². The molecule has 0 spiro atoms. The van der Waals surface area contributed by atoms with Crippen LogP contribution in [0, 0.1) is 0 Å². The van der Waals surface area contributed by atoms with Crippen molar-refractivity contribution in [1.82, 2.24) is 10.2 Å². The lowest BCUT2D eigenvalue weighted by atomic mass is 10.1. The van der Waals surface area contributed by atoms with E-state index in [-0.39, 0.29) is 16.5 Å². The molecule has 0 saturated heterocycles. The first kappa shape index (κ1) is 30.0. The molecular weight excluding hydrogens is 555 g/mol. The molecule has 0 bridgehead atoms. The van der Waals surface area contributed by atoms with Crippen molar-refractivity contribution in [3.8, 4) is 0 Å². The van der Waals surface area contributed by atoms with Gasteiger partial charge in [0.2, 0.25) is 11.8 Å². The van der Waals surface area contributed by atoms with Crippen molar-refractivity contribution >= 4 is 39.1 Å². The van der Waals surface area contributed by atoms with Gasteiger partial charge in [-0.1, -0.05) is 60.1 Å². The van der Waals surface area contributed by atoms with Crippen molar-refractivity contribution < 1.29 is 31.2 Å². The summed E-state index contributed by atoms with van der Waals surface area (Å²) in [5.74, 6) is -1.29. The molecule has 0 heterocycles. The predicted octanol–water partition coefficient (Wildman–Crippen LogP) is 4.76. The van der Waals surface area contributed by atoms with Crippen molar-refractivity contribution in [2.75, 3.05) is 24.4 Å². The maximum atomic E-state index is 13.7. The first-order valence-electron chi connectivity index (χ1n) is 11.9. The highest BCUT2D eigenvalue weighted by molar-refractivity contribution is 7.92. The molecular formula is C27H27ClF3N3O4S. The van der Waals surface area contributed by atoms with Crippen molar-refractivity contribution in [2.24, 2.45) is 0 Å². The fourth-order valence-electron chi connectivity index (χ4n) is 3.89.